The standard InChI is InChI=1S/C15H15BrN2O2/c16-12-4-7-14(18-9-12)10-20-15(19)8-3-11-1-5-13(17)6-2-11/h1-2,4-7,9H,3,8,10,17H2. The van der Waals surface area contributed by atoms with Gasteiger partial charge in [-0.25, -0.2) is 0 Å². The minimum Gasteiger partial charge on any atom is -0.459 e. The van der Waals surface area contributed by atoms with E-state index in [0.29, 0.717) is 12.8 Å². The van der Waals surface area contributed by atoms with Gasteiger partial charge in [0.25, 0.3) is 0 Å². The number of pyridine rings is 1. The van der Waals surface area contributed by atoms with Crippen LogP contribution in [-0.4, -0.2) is 11.0 Å². The van der Waals surface area contributed by atoms with Gasteiger partial charge in [-0.3, -0.25) is 9.78 Å². The van der Waals surface area contributed by atoms with Gasteiger partial charge in [0.1, 0.15) is 6.61 Å². The molecule has 5 heteroatoms. The molecule has 0 saturated heterocycles. The first kappa shape index (κ1) is 14.5. The fourth-order valence-corrected chi connectivity index (χ4v) is 1.88. The van der Waals surface area contributed by atoms with Crippen LogP contribution in [0, 0.1) is 0 Å². The molecule has 0 aliphatic rings. The lowest BCUT2D eigenvalue weighted by Crippen LogP contribution is -2.06. The number of carbonyl (C=O) groups is 1. The fraction of sp³-hybridized carbons (Fsp3) is 0.200. The summed E-state index contributed by atoms with van der Waals surface area (Å²) < 4.78 is 6.07. The Morgan fingerprint density at radius 1 is 1.20 bits per heavy atom. The largest absolute Gasteiger partial charge is 0.459 e. The minimum atomic E-state index is -0.230. The number of anilines is 1. The topological polar surface area (TPSA) is 65.2 Å². The summed E-state index contributed by atoms with van der Waals surface area (Å²) in [7, 11) is 0. The Balaban J connectivity index is 1.75. The lowest BCUT2D eigenvalue weighted by Gasteiger charge is -2.05. The van der Waals surface area contributed by atoms with Crippen molar-refractivity contribution in [3.8, 4) is 0 Å². The van der Waals surface area contributed by atoms with Gasteiger partial charge in [0.15, 0.2) is 0 Å². The molecule has 104 valence electrons. The molecule has 4 nitrogen and oxygen atoms in total. The van der Waals surface area contributed by atoms with Crippen molar-refractivity contribution in [2.24, 2.45) is 0 Å². The van der Waals surface area contributed by atoms with Crippen LogP contribution in [0.5, 0.6) is 0 Å². The van der Waals surface area contributed by atoms with Crippen LogP contribution >= 0.6 is 15.9 Å². The highest BCUT2D eigenvalue weighted by atomic mass is 79.9. The van der Waals surface area contributed by atoms with Crippen molar-refractivity contribution in [2.75, 3.05) is 5.73 Å². The Hall–Kier alpha value is -1.88. The second-order valence-electron chi connectivity index (χ2n) is 4.37. The van der Waals surface area contributed by atoms with Crippen LogP contribution in [-0.2, 0) is 22.6 Å². The molecule has 0 aliphatic heterocycles. The first-order valence-electron chi connectivity index (χ1n) is 6.24. The molecule has 2 aromatic rings. The highest BCUT2D eigenvalue weighted by molar-refractivity contribution is 9.10. The smallest absolute Gasteiger partial charge is 0.306 e. The molecular weight excluding hydrogens is 320 g/mol. The molecule has 1 heterocycles. The van der Waals surface area contributed by atoms with E-state index >= 15 is 0 Å². The summed E-state index contributed by atoms with van der Waals surface area (Å²) in [5, 5.41) is 0. The third-order valence-electron chi connectivity index (χ3n) is 2.77. The summed E-state index contributed by atoms with van der Waals surface area (Å²) >= 11 is 3.30. The maximum absolute atomic E-state index is 11.6. The van der Waals surface area contributed by atoms with E-state index < -0.39 is 0 Å². The lowest BCUT2D eigenvalue weighted by molar-refractivity contribution is -0.145. The van der Waals surface area contributed by atoms with Gasteiger partial charge < -0.3 is 10.5 Å². The van der Waals surface area contributed by atoms with Crippen LogP contribution in [0.3, 0.4) is 0 Å². The Kier molecular flexibility index (Phi) is 5.12. The van der Waals surface area contributed by atoms with E-state index in [9.17, 15) is 4.79 Å². The average molecular weight is 335 g/mol. The summed E-state index contributed by atoms with van der Waals surface area (Å²) in [6, 6.07) is 11.2. The summed E-state index contributed by atoms with van der Waals surface area (Å²) in [5.41, 5.74) is 8.12. The van der Waals surface area contributed by atoms with Crippen molar-refractivity contribution < 1.29 is 9.53 Å². The minimum absolute atomic E-state index is 0.202. The Morgan fingerprint density at radius 3 is 2.60 bits per heavy atom. The normalized spacial score (nSPS) is 10.2. The molecule has 0 bridgehead atoms. The van der Waals surface area contributed by atoms with Crippen LogP contribution in [0.2, 0.25) is 0 Å². The number of hydrogen-bond acceptors (Lipinski definition) is 4. The van der Waals surface area contributed by atoms with Gasteiger partial charge in [-0.05, 0) is 52.2 Å². The molecule has 0 aliphatic carbocycles. The maximum Gasteiger partial charge on any atom is 0.306 e. The van der Waals surface area contributed by atoms with E-state index in [0.717, 1.165) is 21.4 Å². The molecular formula is C15H15BrN2O2. The van der Waals surface area contributed by atoms with Crippen LogP contribution in [0.1, 0.15) is 17.7 Å². The van der Waals surface area contributed by atoms with E-state index in [1.165, 1.54) is 0 Å². The van der Waals surface area contributed by atoms with E-state index in [1.54, 1.807) is 6.20 Å². The third kappa shape index (κ3) is 4.66. The Labute approximate surface area is 126 Å². The molecule has 20 heavy (non-hydrogen) atoms. The van der Waals surface area contributed by atoms with Crippen molar-refractivity contribution >= 4 is 27.6 Å². The molecule has 0 fully saturated rings. The van der Waals surface area contributed by atoms with Gasteiger partial charge in [-0.15, -0.1) is 0 Å². The molecule has 1 aromatic carbocycles. The first-order chi connectivity index (χ1) is 9.63. The van der Waals surface area contributed by atoms with Crippen molar-refractivity contribution in [1.29, 1.82) is 0 Å². The Morgan fingerprint density at radius 2 is 1.95 bits per heavy atom. The molecule has 2 N–H and O–H groups in total. The van der Waals surface area contributed by atoms with E-state index in [4.69, 9.17) is 10.5 Å². The highest BCUT2D eigenvalue weighted by Gasteiger charge is 2.05. The van der Waals surface area contributed by atoms with Crippen LogP contribution in [0.4, 0.5) is 5.69 Å². The van der Waals surface area contributed by atoms with Gasteiger partial charge >= 0.3 is 5.97 Å². The predicted octanol–water partition coefficient (Wildman–Crippen LogP) is 3.10. The Bertz CT molecular complexity index is 516. The second kappa shape index (κ2) is 7.05. The number of benzene rings is 1. The highest BCUT2D eigenvalue weighted by Crippen LogP contribution is 2.10. The quantitative estimate of drug-likeness (QED) is 0.674. The predicted molar refractivity (Wildman–Crippen MR) is 80.9 cm³/mol. The molecule has 0 radical (unpaired) electrons. The molecule has 0 atom stereocenters. The van der Waals surface area contributed by atoms with Gasteiger partial charge in [-0.2, -0.15) is 0 Å². The zero-order valence-corrected chi connectivity index (χ0v) is 12.5. The number of ether oxygens (including phenoxy) is 1. The number of nitrogens with two attached hydrogens (primary N) is 1. The van der Waals surface area contributed by atoms with Gasteiger partial charge in [0.2, 0.25) is 0 Å². The van der Waals surface area contributed by atoms with Gasteiger partial charge in [0, 0.05) is 22.8 Å². The monoisotopic (exact) mass is 334 g/mol. The number of nitrogen functional groups attached to an aromatic ring is 1. The molecule has 1 aromatic heterocycles. The maximum atomic E-state index is 11.6. The van der Waals surface area contributed by atoms with Crippen LogP contribution in [0.25, 0.3) is 0 Å². The summed E-state index contributed by atoms with van der Waals surface area (Å²) in [6.07, 6.45) is 2.67. The second-order valence-corrected chi connectivity index (χ2v) is 5.29. The fourth-order valence-electron chi connectivity index (χ4n) is 1.65. The lowest BCUT2D eigenvalue weighted by atomic mass is 10.1. The number of carbonyl (C=O) groups excluding carboxylic acids is 1. The molecule has 0 saturated carbocycles. The van der Waals surface area contributed by atoms with E-state index in [-0.39, 0.29) is 12.6 Å². The van der Waals surface area contributed by atoms with E-state index in [2.05, 4.69) is 20.9 Å². The van der Waals surface area contributed by atoms with E-state index in [1.807, 2.05) is 36.4 Å². The molecule has 0 unspecified atom stereocenters. The van der Waals surface area contributed by atoms with Crippen LogP contribution < -0.4 is 5.73 Å². The zero-order valence-electron chi connectivity index (χ0n) is 10.9. The number of esters is 1. The number of aryl methyl sites for hydroxylation is 1. The summed E-state index contributed by atoms with van der Waals surface area (Å²) in [6.45, 7) is 0.202. The zero-order chi connectivity index (χ0) is 14.4. The number of rotatable bonds is 5. The summed E-state index contributed by atoms with van der Waals surface area (Å²) in [4.78, 5) is 15.8. The van der Waals surface area contributed by atoms with Crippen LogP contribution in [0.15, 0.2) is 47.1 Å². The molecule has 0 amide bonds. The van der Waals surface area contributed by atoms with Crippen molar-refractivity contribution in [2.45, 2.75) is 19.4 Å². The van der Waals surface area contributed by atoms with Crippen molar-refractivity contribution in [3.05, 3.63) is 58.3 Å². The molecule has 0 spiro atoms. The SMILES string of the molecule is Nc1ccc(CCC(=O)OCc2ccc(Br)cn2)cc1. The third-order valence-corrected chi connectivity index (χ3v) is 3.24. The van der Waals surface area contributed by atoms with Crippen molar-refractivity contribution in [1.82, 2.24) is 4.98 Å². The number of halogens is 1. The van der Waals surface area contributed by atoms with Crippen molar-refractivity contribution in [3.63, 3.8) is 0 Å². The van der Waals surface area contributed by atoms with Gasteiger partial charge in [-0.1, -0.05) is 12.1 Å². The number of nitrogens with zero attached hydrogens (tertiary/aromatic N) is 1. The summed E-state index contributed by atoms with van der Waals surface area (Å²) in [5.74, 6) is -0.230. The first-order valence-corrected chi connectivity index (χ1v) is 7.03. The van der Waals surface area contributed by atoms with Gasteiger partial charge in [0.05, 0.1) is 5.69 Å². The number of hydrogen-bond donors (Lipinski definition) is 1. The number of aromatic nitrogens is 1. The average Bonchev–Trinajstić information content (AvgIpc) is 2.46. The molecule has 2 rings (SSSR count).